The molecule has 20 heavy (non-hydrogen) atoms. The monoisotopic (exact) mass is 292 g/mol. The van der Waals surface area contributed by atoms with Gasteiger partial charge in [0.15, 0.2) is 0 Å². The van der Waals surface area contributed by atoms with Gasteiger partial charge in [-0.3, -0.25) is 4.79 Å². The molecule has 0 heterocycles. The zero-order valence-corrected chi connectivity index (χ0v) is 10.4. The van der Waals surface area contributed by atoms with E-state index in [1.807, 2.05) is 0 Å². The van der Waals surface area contributed by atoms with Crippen LogP contribution in [0.2, 0.25) is 0 Å². The highest BCUT2D eigenvalue weighted by atomic mass is 19.4. The van der Waals surface area contributed by atoms with Crippen LogP contribution in [0.4, 0.5) is 13.2 Å². The molecule has 0 radical (unpaired) electrons. The molecule has 0 aliphatic rings. The van der Waals surface area contributed by atoms with E-state index in [1.54, 1.807) is 0 Å². The molecule has 0 aliphatic carbocycles. The molecular weight excluding hydrogens is 281 g/mol. The van der Waals surface area contributed by atoms with E-state index in [1.165, 1.54) is 6.92 Å². The summed E-state index contributed by atoms with van der Waals surface area (Å²) in [6, 6.07) is 2.51. The Labute approximate surface area is 111 Å². The molecular formula is C12H11F3O5. The summed E-state index contributed by atoms with van der Waals surface area (Å²) in [7, 11) is 0. The third kappa shape index (κ3) is 4.45. The van der Waals surface area contributed by atoms with Gasteiger partial charge in [0.2, 0.25) is 0 Å². The number of carbonyl (C=O) groups excluding carboxylic acids is 1. The Bertz CT molecular complexity index is 510. The first kappa shape index (κ1) is 15.8. The molecule has 110 valence electrons. The van der Waals surface area contributed by atoms with Crippen molar-refractivity contribution in [1.82, 2.24) is 0 Å². The Morgan fingerprint density at radius 2 is 1.90 bits per heavy atom. The van der Waals surface area contributed by atoms with Gasteiger partial charge in [0.1, 0.15) is 19.0 Å². The smallest absolute Gasteiger partial charge is 0.417 e. The molecule has 0 spiro atoms. The first-order valence-electron chi connectivity index (χ1n) is 5.42. The van der Waals surface area contributed by atoms with E-state index in [2.05, 4.69) is 4.74 Å². The van der Waals surface area contributed by atoms with E-state index in [4.69, 9.17) is 9.84 Å². The SMILES string of the molecule is CC(=O)OCCOc1ccc(C(=O)O)c(C(F)(F)F)c1. The normalized spacial score (nSPS) is 11.0. The molecule has 8 heteroatoms. The number of carbonyl (C=O) groups is 2. The number of aromatic carboxylic acids is 1. The average molecular weight is 292 g/mol. The lowest BCUT2D eigenvalue weighted by atomic mass is 10.1. The first-order chi connectivity index (χ1) is 9.21. The van der Waals surface area contributed by atoms with Crippen LogP contribution in [0.25, 0.3) is 0 Å². The predicted octanol–water partition coefficient (Wildman–Crippen LogP) is 2.35. The van der Waals surface area contributed by atoms with Crippen molar-refractivity contribution in [2.75, 3.05) is 13.2 Å². The van der Waals surface area contributed by atoms with Gasteiger partial charge in [-0.05, 0) is 18.2 Å². The Morgan fingerprint density at radius 3 is 2.40 bits per heavy atom. The van der Waals surface area contributed by atoms with Gasteiger partial charge in [-0.15, -0.1) is 0 Å². The van der Waals surface area contributed by atoms with Crippen molar-refractivity contribution in [2.24, 2.45) is 0 Å². The number of alkyl halides is 3. The second-order valence-electron chi connectivity index (χ2n) is 3.70. The molecule has 0 saturated carbocycles. The average Bonchev–Trinajstić information content (AvgIpc) is 2.33. The minimum absolute atomic E-state index is 0.114. The lowest BCUT2D eigenvalue weighted by Gasteiger charge is -2.13. The highest BCUT2D eigenvalue weighted by Crippen LogP contribution is 2.34. The van der Waals surface area contributed by atoms with Gasteiger partial charge in [0, 0.05) is 6.92 Å². The second kappa shape index (κ2) is 6.27. The first-order valence-corrected chi connectivity index (χ1v) is 5.42. The van der Waals surface area contributed by atoms with Gasteiger partial charge < -0.3 is 14.6 Å². The molecule has 0 unspecified atom stereocenters. The van der Waals surface area contributed by atoms with Crippen LogP contribution < -0.4 is 4.74 Å². The standard InChI is InChI=1S/C12H11F3O5/c1-7(16)19-4-5-20-8-2-3-9(11(17)18)10(6-8)12(13,14)15/h2-3,6H,4-5H2,1H3,(H,17,18). The Kier molecular flexibility index (Phi) is 4.95. The lowest BCUT2D eigenvalue weighted by molar-refractivity contribution is -0.141. The minimum atomic E-state index is -4.80. The summed E-state index contributed by atoms with van der Waals surface area (Å²) in [5, 5.41) is 8.70. The molecule has 1 rings (SSSR count). The summed E-state index contributed by atoms with van der Waals surface area (Å²) in [5.74, 6) is -2.37. The maximum absolute atomic E-state index is 12.7. The van der Waals surface area contributed by atoms with E-state index in [-0.39, 0.29) is 19.0 Å². The van der Waals surface area contributed by atoms with E-state index in [0.717, 1.165) is 12.1 Å². The van der Waals surface area contributed by atoms with Crippen molar-refractivity contribution in [3.05, 3.63) is 29.3 Å². The molecule has 0 aliphatic heterocycles. The second-order valence-corrected chi connectivity index (χ2v) is 3.70. The number of hydrogen-bond donors (Lipinski definition) is 1. The van der Waals surface area contributed by atoms with Crippen molar-refractivity contribution in [1.29, 1.82) is 0 Å². The highest BCUT2D eigenvalue weighted by molar-refractivity contribution is 5.89. The Balaban J connectivity index is 2.85. The summed E-state index contributed by atoms with van der Waals surface area (Å²) in [6.45, 7) is 0.935. The van der Waals surface area contributed by atoms with Gasteiger partial charge in [-0.25, -0.2) is 4.79 Å². The molecule has 0 aromatic heterocycles. The van der Waals surface area contributed by atoms with Gasteiger partial charge in [-0.1, -0.05) is 0 Å². The zero-order valence-electron chi connectivity index (χ0n) is 10.4. The predicted molar refractivity (Wildman–Crippen MR) is 60.5 cm³/mol. The van der Waals surface area contributed by atoms with Crippen LogP contribution in [-0.4, -0.2) is 30.3 Å². The number of halogens is 3. The van der Waals surface area contributed by atoms with Gasteiger partial charge in [-0.2, -0.15) is 13.2 Å². The van der Waals surface area contributed by atoms with E-state index < -0.39 is 29.2 Å². The van der Waals surface area contributed by atoms with Gasteiger partial charge >= 0.3 is 18.1 Å². The molecule has 0 bridgehead atoms. The fraction of sp³-hybridized carbons (Fsp3) is 0.333. The topological polar surface area (TPSA) is 72.8 Å². The molecule has 0 atom stereocenters. The summed E-state index contributed by atoms with van der Waals surface area (Å²) >= 11 is 0. The summed E-state index contributed by atoms with van der Waals surface area (Å²) in [6.07, 6.45) is -4.80. The number of esters is 1. The number of rotatable bonds is 5. The largest absolute Gasteiger partial charge is 0.490 e. The van der Waals surface area contributed by atoms with E-state index in [0.29, 0.717) is 6.07 Å². The molecule has 0 fully saturated rings. The number of carboxylic acids is 1. The molecule has 1 N–H and O–H groups in total. The molecule has 0 saturated heterocycles. The zero-order chi connectivity index (χ0) is 15.3. The quantitative estimate of drug-likeness (QED) is 0.666. The third-order valence-corrected chi connectivity index (χ3v) is 2.18. The van der Waals surface area contributed by atoms with Gasteiger partial charge in [0.25, 0.3) is 0 Å². The summed E-state index contributed by atoms with van der Waals surface area (Å²) in [4.78, 5) is 21.2. The van der Waals surface area contributed by atoms with Crippen LogP contribution in [-0.2, 0) is 15.7 Å². The number of hydrogen-bond acceptors (Lipinski definition) is 4. The van der Waals surface area contributed by atoms with Crippen LogP contribution in [0.15, 0.2) is 18.2 Å². The van der Waals surface area contributed by atoms with Crippen molar-refractivity contribution in [3.8, 4) is 5.75 Å². The molecule has 0 amide bonds. The van der Waals surface area contributed by atoms with Gasteiger partial charge in [0.05, 0.1) is 11.1 Å². The van der Waals surface area contributed by atoms with Crippen LogP contribution in [0, 0.1) is 0 Å². The molecule has 1 aromatic rings. The lowest BCUT2D eigenvalue weighted by Crippen LogP contribution is -2.14. The molecule has 1 aromatic carbocycles. The number of benzene rings is 1. The Morgan fingerprint density at radius 1 is 1.25 bits per heavy atom. The fourth-order valence-corrected chi connectivity index (χ4v) is 1.38. The van der Waals surface area contributed by atoms with Crippen molar-refractivity contribution < 1.29 is 37.3 Å². The van der Waals surface area contributed by atoms with Crippen LogP contribution in [0.5, 0.6) is 5.75 Å². The van der Waals surface area contributed by atoms with Crippen LogP contribution in [0.1, 0.15) is 22.8 Å². The van der Waals surface area contributed by atoms with Crippen molar-refractivity contribution in [3.63, 3.8) is 0 Å². The Hall–Kier alpha value is -2.25. The number of ether oxygens (including phenoxy) is 2. The highest BCUT2D eigenvalue weighted by Gasteiger charge is 2.35. The maximum Gasteiger partial charge on any atom is 0.417 e. The minimum Gasteiger partial charge on any atom is -0.490 e. The third-order valence-electron chi connectivity index (χ3n) is 2.18. The number of carboxylic acid groups (broad SMARTS) is 1. The fourth-order valence-electron chi connectivity index (χ4n) is 1.38. The van der Waals surface area contributed by atoms with Crippen LogP contribution in [0.3, 0.4) is 0 Å². The summed E-state index contributed by atoms with van der Waals surface area (Å²) < 4.78 is 47.6. The maximum atomic E-state index is 12.7. The van der Waals surface area contributed by atoms with Crippen molar-refractivity contribution in [2.45, 2.75) is 13.1 Å². The van der Waals surface area contributed by atoms with Crippen LogP contribution >= 0.6 is 0 Å². The summed E-state index contributed by atoms with van der Waals surface area (Å²) in [5.41, 5.74) is -2.15. The van der Waals surface area contributed by atoms with Crippen molar-refractivity contribution >= 4 is 11.9 Å². The van der Waals surface area contributed by atoms with E-state index >= 15 is 0 Å². The molecule has 5 nitrogen and oxygen atoms in total. The van der Waals surface area contributed by atoms with E-state index in [9.17, 15) is 22.8 Å².